The number of esters is 1. The van der Waals surface area contributed by atoms with E-state index in [2.05, 4.69) is 4.99 Å². The van der Waals surface area contributed by atoms with Crippen LogP contribution in [-0.4, -0.2) is 43.6 Å². The molecule has 3 aromatic rings. The normalized spacial score (nSPS) is 15.2. The average Bonchev–Trinajstić information content (AvgIpc) is 3.18. The predicted octanol–water partition coefficient (Wildman–Crippen LogP) is 2.53. The van der Waals surface area contributed by atoms with E-state index in [1.54, 1.807) is 38.1 Å². The Hall–Kier alpha value is -4.05. The monoisotopic (exact) mass is 510 g/mol. The van der Waals surface area contributed by atoms with E-state index in [9.17, 15) is 14.7 Å². The standard InChI is InChI=1S/C26H26N2O7S/c1-6-35-25(31)21-14(2)27-26-28(22(21)16-9-7-8-10-17(16)32-3)24(30)20(36-26)13-15-11-18(33-4)23(29)19(12-15)34-5/h7-13,22,29H,6H2,1-5H3/b20-13+/t22-/m0/s1. The van der Waals surface area contributed by atoms with Crippen molar-refractivity contribution in [1.29, 1.82) is 0 Å². The fraction of sp³-hybridized carbons (Fsp3) is 0.269. The third kappa shape index (κ3) is 4.35. The summed E-state index contributed by atoms with van der Waals surface area (Å²) in [5.41, 5.74) is 1.62. The number of benzene rings is 2. The first-order chi connectivity index (χ1) is 17.3. The highest BCUT2D eigenvalue weighted by atomic mass is 32.1. The molecule has 0 radical (unpaired) electrons. The minimum absolute atomic E-state index is 0.135. The van der Waals surface area contributed by atoms with E-state index in [0.717, 1.165) is 0 Å². The Morgan fingerprint density at radius 3 is 2.36 bits per heavy atom. The highest BCUT2D eigenvalue weighted by Gasteiger charge is 2.34. The van der Waals surface area contributed by atoms with Gasteiger partial charge in [0.05, 0.1) is 43.7 Å². The maximum absolute atomic E-state index is 13.8. The van der Waals surface area contributed by atoms with Crippen molar-refractivity contribution in [2.45, 2.75) is 19.9 Å². The highest BCUT2D eigenvalue weighted by Crippen LogP contribution is 2.38. The first-order valence-corrected chi connectivity index (χ1v) is 11.9. The van der Waals surface area contributed by atoms with Crippen LogP contribution in [0, 0.1) is 0 Å². The maximum Gasteiger partial charge on any atom is 0.338 e. The van der Waals surface area contributed by atoms with Gasteiger partial charge in [0, 0.05) is 5.56 Å². The number of methoxy groups -OCH3 is 3. The zero-order chi connectivity index (χ0) is 26.0. The zero-order valence-electron chi connectivity index (χ0n) is 20.5. The summed E-state index contributed by atoms with van der Waals surface area (Å²) in [5.74, 6) is 0.268. The summed E-state index contributed by atoms with van der Waals surface area (Å²) in [7, 11) is 4.40. The summed E-state index contributed by atoms with van der Waals surface area (Å²) >= 11 is 1.19. The van der Waals surface area contributed by atoms with Gasteiger partial charge in [-0.3, -0.25) is 9.36 Å². The molecule has 0 spiro atoms. The minimum Gasteiger partial charge on any atom is -0.502 e. The Kier molecular flexibility index (Phi) is 7.16. The lowest BCUT2D eigenvalue weighted by Crippen LogP contribution is -2.40. The van der Waals surface area contributed by atoms with Crippen molar-refractivity contribution in [3.63, 3.8) is 0 Å². The van der Waals surface area contributed by atoms with E-state index in [0.29, 0.717) is 31.9 Å². The van der Waals surface area contributed by atoms with E-state index in [1.165, 1.54) is 37.2 Å². The van der Waals surface area contributed by atoms with Gasteiger partial charge in [0.15, 0.2) is 16.3 Å². The van der Waals surface area contributed by atoms with Crippen molar-refractivity contribution in [1.82, 2.24) is 4.57 Å². The summed E-state index contributed by atoms with van der Waals surface area (Å²) in [5, 5.41) is 10.2. The maximum atomic E-state index is 13.8. The third-order valence-corrected chi connectivity index (χ3v) is 6.73. The molecular weight excluding hydrogens is 484 g/mol. The second-order valence-electron chi connectivity index (χ2n) is 7.82. The summed E-state index contributed by atoms with van der Waals surface area (Å²) in [6.07, 6.45) is 1.66. The van der Waals surface area contributed by atoms with Crippen LogP contribution in [0.1, 0.15) is 31.0 Å². The minimum atomic E-state index is -0.789. The lowest BCUT2D eigenvalue weighted by Gasteiger charge is -2.25. The van der Waals surface area contributed by atoms with Gasteiger partial charge in [0.2, 0.25) is 5.75 Å². The first kappa shape index (κ1) is 25.1. The number of fused-ring (bicyclic) bond motifs is 1. The summed E-state index contributed by atoms with van der Waals surface area (Å²) in [6, 6.07) is 9.64. The number of hydrogen-bond donors (Lipinski definition) is 1. The SMILES string of the molecule is CCOC(=O)C1=C(C)N=c2s/c(=C/c3cc(OC)c(O)c(OC)c3)c(=O)n2[C@H]1c1ccccc1OC. The molecule has 1 aliphatic heterocycles. The zero-order valence-corrected chi connectivity index (χ0v) is 21.3. The number of carbonyl (C=O) groups excluding carboxylic acids is 1. The molecular formula is C26H26N2O7S. The number of rotatable bonds is 7. The quantitative estimate of drug-likeness (QED) is 0.487. The molecule has 1 aromatic heterocycles. The van der Waals surface area contributed by atoms with Gasteiger partial charge >= 0.3 is 5.97 Å². The smallest absolute Gasteiger partial charge is 0.338 e. The molecule has 0 fully saturated rings. The fourth-order valence-corrected chi connectivity index (χ4v) is 5.17. The second kappa shape index (κ2) is 10.3. The number of para-hydroxylation sites is 1. The van der Waals surface area contributed by atoms with Crippen LogP contribution in [0.15, 0.2) is 57.5 Å². The Bertz CT molecular complexity index is 1510. The Morgan fingerprint density at radius 2 is 1.75 bits per heavy atom. The van der Waals surface area contributed by atoms with Crippen molar-refractivity contribution in [2.24, 2.45) is 4.99 Å². The Morgan fingerprint density at radius 1 is 1.11 bits per heavy atom. The van der Waals surface area contributed by atoms with Crippen molar-refractivity contribution in [3.05, 3.63) is 78.5 Å². The molecule has 0 saturated heterocycles. The molecule has 9 nitrogen and oxygen atoms in total. The second-order valence-corrected chi connectivity index (χ2v) is 8.83. The van der Waals surface area contributed by atoms with E-state index >= 15 is 0 Å². The Balaban J connectivity index is 1.99. The van der Waals surface area contributed by atoms with Gasteiger partial charge in [0.1, 0.15) is 11.8 Å². The van der Waals surface area contributed by atoms with Crippen LogP contribution < -0.4 is 29.1 Å². The number of allylic oxidation sites excluding steroid dienone is 1. The number of aromatic hydroxyl groups is 1. The first-order valence-electron chi connectivity index (χ1n) is 11.1. The number of ether oxygens (including phenoxy) is 4. The van der Waals surface area contributed by atoms with Crippen LogP contribution in [0.2, 0.25) is 0 Å². The Labute approximate surface area is 211 Å². The lowest BCUT2D eigenvalue weighted by atomic mass is 9.95. The molecule has 0 amide bonds. The van der Waals surface area contributed by atoms with Gasteiger partial charge in [0.25, 0.3) is 5.56 Å². The van der Waals surface area contributed by atoms with E-state index in [4.69, 9.17) is 18.9 Å². The average molecular weight is 511 g/mol. The molecule has 188 valence electrons. The van der Waals surface area contributed by atoms with Crippen LogP contribution in [0.4, 0.5) is 0 Å². The highest BCUT2D eigenvalue weighted by molar-refractivity contribution is 7.07. The molecule has 0 aliphatic carbocycles. The molecule has 0 unspecified atom stereocenters. The van der Waals surface area contributed by atoms with E-state index in [1.807, 2.05) is 18.2 Å². The van der Waals surface area contributed by atoms with Gasteiger partial charge in [-0.05, 0) is 43.7 Å². The molecule has 2 aromatic carbocycles. The van der Waals surface area contributed by atoms with Crippen molar-refractivity contribution >= 4 is 23.4 Å². The van der Waals surface area contributed by atoms with Crippen molar-refractivity contribution in [3.8, 4) is 23.0 Å². The van der Waals surface area contributed by atoms with Gasteiger partial charge in [-0.25, -0.2) is 9.79 Å². The largest absolute Gasteiger partial charge is 0.502 e. The molecule has 2 heterocycles. The number of aromatic nitrogens is 1. The summed E-state index contributed by atoms with van der Waals surface area (Å²) < 4.78 is 23.2. The number of phenolic OH excluding ortho intramolecular Hbond substituents is 1. The molecule has 36 heavy (non-hydrogen) atoms. The molecule has 4 rings (SSSR count). The van der Waals surface area contributed by atoms with Gasteiger partial charge in [-0.15, -0.1) is 0 Å². The number of hydrogen-bond acceptors (Lipinski definition) is 9. The molecule has 1 N–H and O–H groups in total. The lowest BCUT2D eigenvalue weighted by molar-refractivity contribution is -0.139. The number of nitrogens with zero attached hydrogens (tertiary/aromatic N) is 2. The van der Waals surface area contributed by atoms with Crippen LogP contribution in [-0.2, 0) is 9.53 Å². The molecule has 1 aliphatic rings. The number of carbonyl (C=O) groups is 1. The van der Waals surface area contributed by atoms with E-state index < -0.39 is 12.0 Å². The van der Waals surface area contributed by atoms with Crippen LogP contribution in [0.3, 0.4) is 0 Å². The topological polar surface area (TPSA) is 109 Å². The number of phenols is 1. The predicted molar refractivity (Wildman–Crippen MR) is 135 cm³/mol. The summed E-state index contributed by atoms with van der Waals surface area (Å²) in [4.78, 5) is 31.8. The van der Waals surface area contributed by atoms with E-state index in [-0.39, 0.29) is 35.0 Å². The number of thiazole rings is 1. The van der Waals surface area contributed by atoms with Crippen molar-refractivity contribution in [2.75, 3.05) is 27.9 Å². The summed E-state index contributed by atoms with van der Waals surface area (Å²) in [6.45, 7) is 3.63. The fourth-order valence-electron chi connectivity index (χ4n) is 4.13. The van der Waals surface area contributed by atoms with Gasteiger partial charge in [-0.2, -0.15) is 0 Å². The van der Waals surface area contributed by atoms with Gasteiger partial charge < -0.3 is 24.1 Å². The third-order valence-electron chi connectivity index (χ3n) is 5.75. The van der Waals surface area contributed by atoms with Crippen molar-refractivity contribution < 1.29 is 28.8 Å². The molecule has 10 heteroatoms. The van der Waals surface area contributed by atoms with Crippen LogP contribution in [0.5, 0.6) is 23.0 Å². The van der Waals surface area contributed by atoms with Gasteiger partial charge in [-0.1, -0.05) is 29.5 Å². The van der Waals surface area contributed by atoms with Crippen LogP contribution >= 0.6 is 11.3 Å². The molecule has 0 bridgehead atoms. The molecule has 0 saturated carbocycles. The van der Waals surface area contributed by atoms with Crippen LogP contribution in [0.25, 0.3) is 6.08 Å². The molecule has 1 atom stereocenters.